The van der Waals surface area contributed by atoms with E-state index in [2.05, 4.69) is 5.32 Å². The zero-order chi connectivity index (χ0) is 15.4. The molecule has 1 unspecified atom stereocenters. The number of nitrogens with two attached hydrogens (primary N) is 1. The van der Waals surface area contributed by atoms with E-state index < -0.39 is 42.3 Å². The van der Waals surface area contributed by atoms with Crippen molar-refractivity contribution < 1.29 is 24.3 Å². The van der Waals surface area contributed by atoms with Crippen LogP contribution in [-0.4, -0.2) is 52.3 Å². The van der Waals surface area contributed by atoms with Gasteiger partial charge in [0.15, 0.2) is 0 Å². The Morgan fingerprint density at radius 2 is 2.00 bits per heavy atom. The summed E-state index contributed by atoms with van der Waals surface area (Å²) in [6.07, 6.45) is 0.172. The van der Waals surface area contributed by atoms with Crippen LogP contribution in [0.15, 0.2) is 0 Å². The Morgan fingerprint density at radius 3 is 2.48 bits per heavy atom. The number of carboxylic acids is 1. The van der Waals surface area contributed by atoms with Gasteiger partial charge in [0.05, 0.1) is 6.04 Å². The molecule has 0 radical (unpaired) electrons. The number of hydrogen-bond donors (Lipinski definition) is 3. The number of rotatable bonds is 5. The summed E-state index contributed by atoms with van der Waals surface area (Å²) in [5.74, 6) is -3.10. The molecule has 4 N–H and O–H groups in total. The van der Waals surface area contributed by atoms with Gasteiger partial charge in [0.25, 0.3) is 5.91 Å². The van der Waals surface area contributed by atoms with Gasteiger partial charge in [0.2, 0.25) is 11.8 Å². The van der Waals surface area contributed by atoms with Crippen LogP contribution in [0.1, 0.15) is 26.7 Å². The average molecular weight is 322 g/mol. The van der Waals surface area contributed by atoms with E-state index in [1.807, 2.05) is 0 Å². The highest BCUT2D eigenvalue weighted by Gasteiger charge is 2.36. The number of nitrogens with zero attached hydrogens (tertiary/aromatic N) is 1. The highest BCUT2D eigenvalue weighted by molar-refractivity contribution is 6.03. The highest BCUT2D eigenvalue weighted by Crippen LogP contribution is 2.13. The SMILES string of the molecule is CC(C)C(N)C(=O)N[C@H]1CCC(=O)N(CC(=O)O)C1=O.Cl. The fourth-order valence-corrected chi connectivity index (χ4v) is 1.84. The zero-order valence-corrected chi connectivity index (χ0v) is 12.7. The summed E-state index contributed by atoms with van der Waals surface area (Å²) in [4.78, 5) is 46.6. The second kappa shape index (κ2) is 7.94. The van der Waals surface area contributed by atoms with E-state index in [1.54, 1.807) is 13.8 Å². The predicted molar refractivity (Wildman–Crippen MR) is 75.6 cm³/mol. The Kier molecular flexibility index (Phi) is 7.31. The lowest BCUT2D eigenvalue weighted by Crippen LogP contribution is -2.58. The number of piperidine rings is 1. The van der Waals surface area contributed by atoms with E-state index >= 15 is 0 Å². The van der Waals surface area contributed by atoms with Crippen LogP contribution in [0.4, 0.5) is 0 Å². The minimum Gasteiger partial charge on any atom is -0.480 e. The number of carbonyl (C=O) groups is 4. The van der Waals surface area contributed by atoms with Crippen LogP contribution in [0.25, 0.3) is 0 Å². The van der Waals surface area contributed by atoms with Crippen molar-refractivity contribution in [3.05, 3.63) is 0 Å². The van der Waals surface area contributed by atoms with Gasteiger partial charge in [-0.15, -0.1) is 12.4 Å². The monoisotopic (exact) mass is 321 g/mol. The molecular weight excluding hydrogens is 302 g/mol. The highest BCUT2D eigenvalue weighted by atomic mass is 35.5. The molecule has 8 nitrogen and oxygen atoms in total. The van der Waals surface area contributed by atoms with Crippen LogP contribution >= 0.6 is 12.4 Å². The molecule has 1 fully saturated rings. The molecule has 120 valence electrons. The van der Waals surface area contributed by atoms with Gasteiger partial charge in [0, 0.05) is 6.42 Å². The molecule has 3 amide bonds. The summed E-state index contributed by atoms with van der Waals surface area (Å²) < 4.78 is 0. The van der Waals surface area contributed by atoms with Crippen LogP contribution in [0.5, 0.6) is 0 Å². The van der Waals surface area contributed by atoms with Crippen molar-refractivity contribution in [1.29, 1.82) is 0 Å². The number of carboxylic acid groups (broad SMARTS) is 1. The van der Waals surface area contributed by atoms with E-state index in [0.29, 0.717) is 4.90 Å². The largest absolute Gasteiger partial charge is 0.480 e. The second-order valence-electron chi connectivity index (χ2n) is 5.08. The lowest BCUT2D eigenvalue weighted by molar-refractivity contribution is -0.156. The molecule has 0 aliphatic carbocycles. The van der Waals surface area contributed by atoms with Gasteiger partial charge in [-0.3, -0.25) is 24.1 Å². The van der Waals surface area contributed by atoms with E-state index in [4.69, 9.17) is 10.8 Å². The van der Waals surface area contributed by atoms with E-state index in [0.717, 1.165) is 0 Å². The summed E-state index contributed by atoms with van der Waals surface area (Å²) in [6, 6.07) is -1.65. The molecule has 0 bridgehead atoms. The summed E-state index contributed by atoms with van der Waals surface area (Å²) in [5, 5.41) is 11.2. The number of aliphatic carboxylic acids is 1. The third-order valence-corrected chi connectivity index (χ3v) is 3.14. The molecule has 0 aromatic heterocycles. The summed E-state index contributed by atoms with van der Waals surface area (Å²) >= 11 is 0. The van der Waals surface area contributed by atoms with Crippen LogP contribution in [-0.2, 0) is 19.2 Å². The molecule has 1 saturated heterocycles. The van der Waals surface area contributed by atoms with Gasteiger partial charge in [-0.2, -0.15) is 0 Å². The van der Waals surface area contributed by atoms with Gasteiger partial charge >= 0.3 is 5.97 Å². The maximum absolute atomic E-state index is 12.0. The number of imide groups is 1. The Balaban J connectivity index is 0.00000400. The third-order valence-electron chi connectivity index (χ3n) is 3.14. The third kappa shape index (κ3) is 4.98. The van der Waals surface area contributed by atoms with Crippen LogP contribution < -0.4 is 11.1 Å². The number of nitrogens with one attached hydrogen (secondary N) is 1. The quantitative estimate of drug-likeness (QED) is 0.563. The first-order chi connectivity index (χ1) is 9.23. The number of halogens is 1. The molecule has 9 heteroatoms. The van der Waals surface area contributed by atoms with Gasteiger partial charge < -0.3 is 16.2 Å². The van der Waals surface area contributed by atoms with Crippen molar-refractivity contribution in [2.75, 3.05) is 6.54 Å². The van der Waals surface area contributed by atoms with Crippen molar-refractivity contribution in [1.82, 2.24) is 10.2 Å². The predicted octanol–water partition coefficient (Wildman–Crippen LogP) is -0.890. The fourth-order valence-electron chi connectivity index (χ4n) is 1.84. The summed E-state index contributed by atoms with van der Waals surface area (Å²) in [5.41, 5.74) is 5.67. The molecule has 0 aromatic rings. The Labute approximate surface area is 128 Å². The molecule has 1 heterocycles. The molecule has 0 aromatic carbocycles. The van der Waals surface area contributed by atoms with Crippen molar-refractivity contribution in [3.8, 4) is 0 Å². The fraction of sp³-hybridized carbons (Fsp3) is 0.667. The Morgan fingerprint density at radius 1 is 1.43 bits per heavy atom. The molecular formula is C12H20ClN3O5. The first-order valence-electron chi connectivity index (χ1n) is 6.36. The second-order valence-corrected chi connectivity index (χ2v) is 5.08. The van der Waals surface area contributed by atoms with E-state index in [9.17, 15) is 19.2 Å². The molecule has 1 aliphatic rings. The van der Waals surface area contributed by atoms with Crippen molar-refractivity contribution in [3.63, 3.8) is 0 Å². The molecule has 0 spiro atoms. The number of amides is 3. The van der Waals surface area contributed by atoms with Gasteiger partial charge in [-0.1, -0.05) is 13.8 Å². The standard InChI is InChI=1S/C12H19N3O5.ClH/c1-6(2)10(13)11(19)14-7-3-4-8(16)15(12(7)20)5-9(17)18;/h6-7,10H,3-5,13H2,1-2H3,(H,14,19)(H,17,18);1H/t7-,10?;/m0./s1. The zero-order valence-electron chi connectivity index (χ0n) is 11.9. The molecule has 2 atom stereocenters. The maximum Gasteiger partial charge on any atom is 0.323 e. The Hall–Kier alpha value is -1.67. The normalized spacial score (nSPS) is 20.0. The van der Waals surface area contributed by atoms with Crippen molar-refractivity contribution in [2.24, 2.45) is 11.7 Å². The van der Waals surface area contributed by atoms with Gasteiger partial charge in [-0.05, 0) is 12.3 Å². The minimum atomic E-state index is -1.28. The average Bonchev–Trinajstić information content (AvgIpc) is 2.36. The van der Waals surface area contributed by atoms with Gasteiger partial charge in [0.1, 0.15) is 12.6 Å². The van der Waals surface area contributed by atoms with Crippen molar-refractivity contribution in [2.45, 2.75) is 38.8 Å². The molecule has 1 aliphatic heterocycles. The van der Waals surface area contributed by atoms with E-state index in [-0.39, 0.29) is 31.2 Å². The molecule has 0 saturated carbocycles. The van der Waals surface area contributed by atoms with E-state index in [1.165, 1.54) is 0 Å². The maximum atomic E-state index is 12.0. The lowest BCUT2D eigenvalue weighted by atomic mass is 10.0. The summed E-state index contributed by atoms with van der Waals surface area (Å²) in [7, 11) is 0. The molecule has 21 heavy (non-hydrogen) atoms. The van der Waals surface area contributed by atoms with Crippen molar-refractivity contribution >= 4 is 36.1 Å². The smallest absolute Gasteiger partial charge is 0.323 e. The molecule has 1 rings (SSSR count). The summed E-state index contributed by atoms with van der Waals surface area (Å²) in [6.45, 7) is 2.85. The number of carbonyl (C=O) groups excluding carboxylic acids is 3. The van der Waals surface area contributed by atoms with Gasteiger partial charge in [-0.25, -0.2) is 0 Å². The number of likely N-dealkylation sites (tertiary alicyclic amines) is 1. The minimum absolute atomic E-state index is 0. The topological polar surface area (TPSA) is 130 Å². The lowest BCUT2D eigenvalue weighted by Gasteiger charge is -2.30. The Bertz CT molecular complexity index is 441. The van der Waals surface area contributed by atoms with Crippen LogP contribution in [0, 0.1) is 5.92 Å². The first kappa shape index (κ1) is 19.3. The van der Waals surface area contributed by atoms with Crippen LogP contribution in [0.3, 0.4) is 0 Å². The van der Waals surface area contributed by atoms with Crippen LogP contribution in [0.2, 0.25) is 0 Å². The number of hydrogen-bond acceptors (Lipinski definition) is 5. The first-order valence-corrected chi connectivity index (χ1v) is 6.36.